The molecule has 7 nitrogen and oxygen atoms in total. The summed E-state index contributed by atoms with van der Waals surface area (Å²) >= 11 is 0. The lowest BCUT2D eigenvalue weighted by Gasteiger charge is -2.34. The van der Waals surface area contributed by atoms with Crippen LogP contribution in [0.15, 0.2) is 24.3 Å². The largest absolute Gasteiger partial charge is 0.497 e. The summed E-state index contributed by atoms with van der Waals surface area (Å²) in [4.78, 5) is 28.4. The molecule has 0 radical (unpaired) electrons. The smallest absolute Gasteiger partial charge is 0.234 e. The fourth-order valence-corrected chi connectivity index (χ4v) is 3.04. The van der Waals surface area contributed by atoms with Crippen LogP contribution >= 0.6 is 0 Å². The Labute approximate surface area is 155 Å². The Balaban J connectivity index is 1.75. The number of amides is 2. The first-order chi connectivity index (χ1) is 12.5. The number of hydrogen-bond donors (Lipinski definition) is 1. The molecule has 1 aromatic carbocycles. The number of methoxy groups -OCH3 is 2. The van der Waals surface area contributed by atoms with Crippen LogP contribution in [-0.4, -0.2) is 81.2 Å². The van der Waals surface area contributed by atoms with E-state index in [9.17, 15) is 9.59 Å². The summed E-state index contributed by atoms with van der Waals surface area (Å²) in [5, 5.41) is 2.91. The molecule has 0 saturated carbocycles. The van der Waals surface area contributed by atoms with E-state index in [4.69, 9.17) is 9.47 Å². The van der Waals surface area contributed by atoms with E-state index < -0.39 is 0 Å². The topological polar surface area (TPSA) is 71.1 Å². The Morgan fingerprint density at radius 3 is 2.58 bits per heavy atom. The number of piperazine rings is 1. The maximum Gasteiger partial charge on any atom is 0.234 e. The third kappa shape index (κ3) is 6.31. The lowest BCUT2D eigenvalue weighted by atomic mass is 10.1. The van der Waals surface area contributed by atoms with Gasteiger partial charge in [-0.3, -0.25) is 14.5 Å². The molecular formula is C19H29N3O4. The number of carbonyl (C=O) groups excluding carboxylic acids is 2. The lowest BCUT2D eigenvalue weighted by molar-refractivity contribution is -0.132. The van der Waals surface area contributed by atoms with E-state index in [1.807, 2.05) is 36.1 Å². The zero-order chi connectivity index (χ0) is 18.9. The van der Waals surface area contributed by atoms with E-state index in [0.29, 0.717) is 45.8 Å². The van der Waals surface area contributed by atoms with Gasteiger partial charge in [-0.1, -0.05) is 12.1 Å². The van der Waals surface area contributed by atoms with Crippen molar-refractivity contribution in [2.75, 3.05) is 53.6 Å². The summed E-state index contributed by atoms with van der Waals surface area (Å²) in [5.41, 5.74) is 0.947. The van der Waals surface area contributed by atoms with Crippen molar-refractivity contribution in [3.05, 3.63) is 29.8 Å². The molecule has 2 rings (SSSR count). The highest BCUT2D eigenvalue weighted by atomic mass is 16.5. The molecule has 1 atom stereocenters. The number of ether oxygens (including phenoxy) is 2. The summed E-state index contributed by atoms with van der Waals surface area (Å²) in [6.45, 7) is 5.46. The van der Waals surface area contributed by atoms with Crippen molar-refractivity contribution in [3.63, 3.8) is 0 Å². The van der Waals surface area contributed by atoms with Crippen molar-refractivity contribution in [1.29, 1.82) is 0 Å². The van der Waals surface area contributed by atoms with Crippen LogP contribution in [0.5, 0.6) is 5.75 Å². The highest BCUT2D eigenvalue weighted by molar-refractivity contribution is 5.79. The van der Waals surface area contributed by atoms with Gasteiger partial charge in [-0.25, -0.2) is 0 Å². The third-order valence-electron chi connectivity index (χ3n) is 4.41. The average Bonchev–Trinajstić information content (AvgIpc) is 2.62. The normalized spacial score (nSPS) is 16.2. The predicted octanol–water partition coefficient (Wildman–Crippen LogP) is 0.533. The molecule has 2 amide bonds. The highest BCUT2D eigenvalue weighted by Gasteiger charge is 2.22. The molecule has 144 valence electrons. The second-order valence-electron chi connectivity index (χ2n) is 6.61. The molecule has 26 heavy (non-hydrogen) atoms. The first-order valence-corrected chi connectivity index (χ1v) is 8.93. The van der Waals surface area contributed by atoms with Crippen LogP contribution < -0.4 is 10.1 Å². The van der Waals surface area contributed by atoms with Gasteiger partial charge in [0.1, 0.15) is 5.75 Å². The van der Waals surface area contributed by atoms with Gasteiger partial charge in [-0.05, 0) is 24.6 Å². The van der Waals surface area contributed by atoms with Gasteiger partial charge in [0, 0.05) is 39.3 Å². The van der Waals surface area contributed by atoms with E-state index in [1.54, 1.807) is 14.2 Å². The zero-order valence-corrected chi connectivity index (χ0v) is 15.9. The van der Waals surface area contributed by atoms with Gasteiger partial charge in [0.15, 0.2) is 0 Å². The second-order valence-corrected chi connectivity index (χ2v) is 6.61. The minimum Gasteiger partial charge on any atom is -0.497 e. The molecule has 0 aromatic heterocycles. The van der Waals surface area contributed by atoms with Crippen molar-refractivity contribution < 1.29 is 19.1 Å². The van der Waals surface area contributed by atoms with Gasteiger partial charge in [-0.15, -0.1) is 0 Å². The Morgan fingerprint density at radius 1 is 1.19 bits per heavy atom. The molecule has 0 aliphatic carbocycles. The standard InChI is InChI=1S/C19H29N3O4/c1-15(14-25-2)20-18(23)13-21-7-9-22(10-8-21)19(24)12-16-5-4-6-17(11-16)26-3/h4-6,11,15H,7-10,12-14H2,1-3H3,(H,20,23). The molecule has 0 bridgehead atoms. The first-order valence-electron chi connectivity index (χ1n) is 8.93. The highest BCUT2D eigenvalue weighted by Crippen LogP contribution is 2.14. The predicted molar refractivity (Wildman–Crippen MR) is 99.2 cm³/mol. The van der Waals surface area contributed by atoms with Crippen LogP contribution in [0.2, 0.25) is 0 Å². The van der Waals surface area contributed by atoms with Crippen molar-refractivity contribution >= 4 is 11.8 Å². The van der Waals surface area contributed by atoms with Crippen LogP contribution in [0.25, 0.3) is 0 Å². The van der Waals surface area contributed by atoms with Gasteiger partial charge in [0.05, 0.1) is 26.7 Å². The van der Waals surface area contributed by atoms with Crippen molar-refractivity contribution in [1.82, 2.24) is 15.1 Å². The van der Waals surface area contributed by atoms with Gasteiger partial charge in [0.2, 0.25) is 11.8 Å². The van der Waals surface area contributed by atoms with E-state index in [0.717, 1.165) is 11.3 Å². The molecule has 1 aliphatic rings. The van der Waals surface area contributed by atoms with E-state index in [1.165, 1.54) is 0 Å². The Kier molecular flexibility index (Phi) is 7.87. The third-order valence-corrected chi connectivity index (χ3v) is 4.41. The summed E-state index contributed by atoms with van der Waals surface area (Å²) in [5.74, 6) is 0.857. The van der Waals surface area contributed by atoms with Crippen LogP contribution in [0.1, 0.15) is 12.5 Å². The minimum atomic E-state index is -0.00860. The van der Waals surface area contributed by atoms with Crippen LogP contribution in [-0.2, 0) is 20.7 Å². The van der Waals surface area contributed by atoms with Crippen molar-refractivity contribution in [2.45, 2.75) is 19.4 Å². The van der Waals surface area contributed by atoms with Crippen LogP contribution in [0.4, 0.5) is 0 Å². The van der Waals surface area contributed by atoms with Gasteiger partial charge >= 0.3 is 0 Å². The molecule has 0 spiro atoms. The molecule has 1 N–H and O–H groups in total. The summed E-state index contributed by atoms with van der Waals surface area (Å²) in [6.07, 6.45) is 0.367. The molecule has 7 heteroatoms. The van der Waals surface area contributed by atoms with E-state index >= 15 is 0 Å². The SMILES string of the molecule is COCC(C)NC(=O)CN1CCN(C(=O)Cc2cccc(OC)c2)CC1. The Bertz CT molecular complexity index is 600. The number of benzene rings is 1. The van der Waals surface area contributed by atoms with Crippen LogP contribution in [0, 0.1) is 0 Å². The molecule has 1 saturated heterocycles. The minimum absolute atomic E-state index is 0.00164. The van der Waals surface area contributed by atoms with Crippen molar-refractivity contribution in [3.8, 4) is 5.75 Å². The first kappa shape index (κ1) is 20.2. The molecule has 1 heterocycles. The van der Waals surface area contributed by atoms with Gasteiger partial charge in [-0.2, -0.15) is 0 Å². The number of hydrogen-bond acceptors (Lipinski definition) is 5. The molecule has 1 unspecified atom stereocenters. The Hall–Kier alpha value is -2.12. The fraction of sp³-hybridized carbons (Fsp3) is 0.579. The van der Waals surface area contributed by atoms with Crippen molar-refractivity contribution in [2.24, 2.45) is 0 Å². The van der Waals surface area contributed by atoms with E-state index in [2.05, 4.69) is 10.2 Å². The van der Waals surface area contributed by atoms with Crippen LogP contribution in [0.3, 0.4) is 0 Å². The van der Waals surface area contributed by atoms with Gasteiger partial charge in [0.25, 0.3) is 0 Å². The fourth-order valence-electron chi connectivity index (χ4n) is 3.04. The number of nitrogens with one attached hydrogen (secondary N) is 1. The number of rotatable bonds is 8. The van der Waals surface area contributed by atoms with Gasteiger partial charge < -0.3 is 19.7 Å². The summed E-state index contributed by atoms with van der Waals surface area (Å²) in [7, 11) is 3.23. The summed E-state index contributed by atoms with van der Waals surface area (Å²) < 4.78 is 10.2. The molecule has 1 aromatic rings. The average molecular weight is 363 g/mol. The Morgan fingerprint density at radius 2 is 1.92 bits per heavy atom. The zero-order valence-electron chi connectivity index (χ0n) is 15.9. The van der Waals surface area contributed by atoms with E-state index in [-0.39, 0.29) is 17.9 Å². The molecule has 1 fully saturated rings. The number of nitrogens with zero attached hydrogens (tertiary/aromatic N) is 2. The summed E-state index contributed by atoms with van der Waals surface area (Å²) in [6, 6.07) is 7.58. The second kappa shape index (κ2) is 10.1. The maximum atomic E-state index is 12.5. The lowest BCUT2D eigenvalue weighted by Crippen LogP contribution is -2.52. The molecule has 1 aliphatic heterocycles. The quantitative estimate of drug-likeness (QED) is 0.730. The maximum absolute atomic E-state index is 12.5. The number of carbonyl (C=O) groups is 2. The monoisotopic (exact) mass is 363 g/mol. The molecular weight excluding hydrogens is 334 g/mol.